The molecule has 1 aromatic carbocycles. The highest BCUT2D eigenvalue weighted by molar-refractivity contribution is 6.31. The van der Waals surface area contributed by atoms with Crippen molar-refractivity contribution in [1.29, 1.82) is 0 Å². The molecule has 0 saturated heterocycles. The van der Waals surface area contributed by atoms with E-state index < -0.39 is 0 Å². The molecule has 0 spiro atoms. The van der Waals surface area contributed by atoms with Gasteiger partial charge in [-0.05, 0) is 43.1 Å². The van der Waals surface area contributed by atoms with E-state index in [4.69, 9.17) is 17.3 Å². The average Bonchev–Trinajstić information content (AvgIpc) is 2.35. The minimum Gasteiger partial charge on any atom is -0.330 e. The van der Waals surface area contributed by atoms with Gasteiger partial charge in [-0.25, -0.2) is 4.39 Å². The van der Waals surface area contributed by atoms with Gasteiger partial charge in [-0.1, -0.05) is 38.4 Å². The van der Waals surface area contributed by atoms with Crippen LogP contribution in [0, 0.1) is 11.2 Å². The Bertz CT molecular complexity index is 421. The molecule has 0 heterocycles. The van der Waals surface area contributed by atoms with Gasteiger partial charge in [-0.3, -0.25) is 4.90 Å². The van der Waals surface area contributed by atoms with Crippen molar-refractivity contribution < 1.29 is 4.39 Å². The molecule has 0 aromatic heterocycles. The SMILES string of the molecule is CCN(CC(C)(C)CN)C(C)c1ccc(F)cc1Cl. The number of nitrogens with zero attached hydrogens (tertiary/aromatic N) is 1. The molecule has 1 aromatic rings. The van der Waals surface area contributed by atoms with Crippen molar-refractivity contribution in [3.05, 3.63) is 34.6 Å². The largest absolute Gasteiger partial charge is 0.330 e. The summed E-state index contributed by atoms with van der Waals surface area (Å²) in [5.41, 5.74) is 6.80. The highest BCUT2D eigenvalue weighted by atomic mass is 35.5. The lowest BCUT2D eigenvalue weighted by atomic mass is 9.92. The van der Waals surface area contributed by atoms with Crippen LogP contribution < -0.4 is 5.73 Å². The zero-order valence-electron chi connectivity index (χ0n) is 12.2. The molecule has 0 aliphatic heterocycles. The van der Waals surface area contributed by atoms with Gasteiger partial charge in [0.2, 0.25) is 0 Å². The molecule has 108 valence electrons. The third kappa shape index (κ3) is 4.44. The average molecular weight is 287 g/mol. The third-order valence-electron chi connectivity index (χ3n) is 3.55. The van der Waals surface area contributed by atoms with E-state index in [-0.39, 0.29) is 17.3 Å². The molecule has 2 N–H and O–H groups in total. The molecule has 1 atom stereocenters. The van der Waals surface area contributed by atoms with Crippen LogP contribution in [-0.4, -0.2) is 24.5 Å². The molecule has 19 heavy (non-hydrogen) atoms. The Kier molecular flexibility index (Phi) is 5.78. The molecule has 0 radical (unpaired) electrons. The van der Waals surface area contributed by atoms with Crippen molar-refractivity contribution >= 4 is 11.6 Å². The van der Waals surface area contributed by atoms with Crippen LogP contribution in [0.3, 0.4) is 0 Å². The highest BCUT2D eigenvalue weighted by Gasteiger charge is 2.24. The van der Waals surface area contributed by atoms with Gasteiger partial charge in [-0.15, -0.1) is 0 Å². The van der Waals surface area contributed by atoms with E-state index in [1.165, 1.54) is 12.1 Å². The molecule has 0 fully saturated rings. The van der Waals surface area contributed by atoms with Crippen LogP contribution in [0.1, 0.15) is 39.3 Å². The molecular formula is C15H24ClFN2. The summed E-state index contributed by atoms with van der Waals surface area (Å²) in [4.78, 5) is 2.31. The van der Waals surface area contributed by atoms with Crippen molar-refractivity contribution in [2.45, 2.75) is 33.7 Å². The number of nitrogens with two attached hydrogens (primary N) is 1. The maximum Gasteiger partial charge on any atom is 0.124 e. The summed E-state index contributed by atoms with van der Waals surface area (Å²) in [6.07, 6.45) is 0. The summed E-state index contributed by atoms with van der Waals surface area (Å²) >= 11 is 6.14. The number of benzene rings is 1. The van der Waals surface area contributed by atoms with Gasteiger partial charge < -0.3 is 5.73 Å². The van der Waals surface area contributed by atoms with Crippen LogP contribution in [-0.2, 0) is 0 Å². The van der Waals surface area contributed by atoms with Gasteiger partial charge >= 0.3 is 0 Å². The van der Waals surface area contributed by atoms with Crippen molar-refractivity contribution in [3.8, 4) is 0 Å². The van der Waals surface area contributed by atoms with Crippen LogP contribution in [0.2, 0.25) is 5.02 Å². The molecule has 1 unspecified atom stereocenters. The fourth-order valence-corrected chi connectivity index (χ4v) is 2.50. The molecule has 0 aliphatic rings. The summed E-state index contributed by atoms with van der Waals surface area (Å²) in [6.45, 7) is 10.9. The van der Waals surface area contributed by atoms with Crippen LogP contribution in [0.25, 0.3) is 0 Å². The van der Waals surface area contributed by atoms with Crippen molar-refractivity contribution in [1.82, 2.24) is 4.90 Å². The Labute approximate surface area is 120 Å². The molecule has 0 bridgehead atoms. The first-order valence-electron chi connectivity index (χ1n) is 6.70. The van der Waals surface area contributed by atoms with Gasteiger partial charge in [0, 0.05) is 17.6 Å². The lowest BCUT2D eigenvalue weighted by Gasteiger charge is -2.35. The summed E-state index contributed by atoms with van der Waals surface area (Å²) in [5, 5.41) is 0.483. The van der Waals surface area contributed by atoms with E-state index >= 15 is 0 Å². The molecular weight excluding hydrogens is 263 g/mol. The predicted octanol–water partition coefficient (Wildman–Crippen LogP) is 3.85. The Balaban J connectivity index is 2.92. The van der Waals surface area contributed by atoms with E-state index in [0.717, 1.165) is 18.7 Å². The van der Waals surface area contributed by atoms with Crippen LogP contribution in [0.4, 0.5) is 4.39 Å². The normalized spacial score (nSPS) is 13.9. The summed E-state index contributed by atoms with van der Waals surface area (Å²) in [5.74, 6) is -0.300. The second-order valence-corrected chi connectivity index (χ2v) is 6.18. The first-order chi connectivity index (χ1) is 8.80. The zero-order valence-corrected chi connectivity index (χ0v) is 13.0. The topological polar surface area (TPSA) is 29.3 Å². The number of hydrogen-bond acceptors (Lipinski definition) is 2. The van der Waals surface area contributed by atoms with Gasteiger partial charge in [0.15, 0.2) is 0 Å². The predicted molar refractivity (Wildman–Crippen MR) is 79.9 cm³/mol. The van der Waals surface area contributed by atoms with Gasteiger partial charge in [-0.2, -0.15) is 0 Å². The number of halogens is 2. The highest BCUT2D eigenvalue weighted by Crippen LogP contribution is 2.30. The molecule has 0 amide bonds. The Morgan fingerprint density at radius 2 is 2.05 bits per heavy atom. The summed E-state index contributed by atoms with van der Waals surface area (Å²) in [7, 11) is 0. The summed E-state index contributed by atoms with van der Waals surface area (Å²) < 4.78 is 13.1. The van der Waals surface area contributed by atoms with Crippen molar-refractivity contribution in [2.75, 3.05) is 19.6 Å². The number of hydrogen-bond donors (Lipinski definition) is 1. The smallest absolute Gasteiger partial charge is 0.124 e. The van der Waals surface area contributed by atoms with Crippen LogP contribution >= 0.6 is 11.6 Å². The van der Waals surface area contributed by atoms with E-state index in [0.29, 0.717) is 11.6 Å². The standard InChI is InChI=1S/C15H24ClFN2/c1-5-19(10-15(3,4)9-18)11(2)13-7-6-12(17)8-14(13)16/h6-8,11H,5,9-10,18H2,1-4H3. The lowest BCUT2D eigenvalue weighted by molar-refractivity contribution is 0.148. The fourth-order valence-electron chi connectivity index (χ4n) is 2.17. The molecule has 0 aliphatic carbocycles. The van der Waals surface area contributed by atoms with Crippen molar-refractivity contribution in [2.24, 2.45) is 11.1 Å². The molecule has 2 nitrogen and oxygen atoms in total. The van der Waals surface area contributed by atoms with Gasteiger partial charge in [0.05, 0.1) is 0 Å². The second-order valence-electron chi connectivity index (χ2n) is 5.77. The lowest BCUT2D eigenvalue weighted by Crippen LogP contribution is -2.40. The van der Waals surface area contributed by atoms with Crippen LogP contribution in [0.5, 0.6) is 0 Å². The number of rotatable bonds is 6. The van der Waals surface area contributed by atoms with Crippen LogP contribution in [0.15, 0.2) is 18.2 Å². The Morgan fingerprint density at radius 3 is 2.53 bits per heavy atom. The van der Waals surface area contributed by atoms with Crippen molar-refractivity contribution in [3.63, 3.8) is 0 Å². The van der Waals surface area contributed by atoms with E-state index in [9.17, 15) is 4.39 Å². The quantitative estimate of drug-likeness (QED) is 0.861. The van der Waals surface area contributed by atoms with E-state index in [2.05, 4.69) is 32.6 Å². The van der Waals surface area contributed by atoms with E-state index in [1.807, 2.05) is 0 Å². The maximum atomic E-state index is 13.1. The fraction of sp³-hybridized carbons (Fsp3) is 0.600. The Hall–Kier alpha value is -0.640. The second kappa shape index (κ2) is 6.69. The third-order valence-corrected chi connectivity index (χ3v) is 3.88. The first-order valence-corrected chi connectivity index (χ1v) is 7.07. The van der Waals surface area contributed by atoms with Gasteiger partial charge in [0.1, 0.15) is 5.82 Å². The van der Waals surface area contributed by atoms with Gasteiger partial charge in [0.25, 0.3) is 0 Å². The molecule has 0 saturated carbocycles. The molecule has 4 heteroatoms. The molecule has 1 rings (SSSR count). The minimum absolute atomic E-state index is 0.0524. The summed E-state index contributed by atoms with van der Waals surface area (Å²) in [6, 6.07) is 4.74. The minimum atomic E-state index is -0.300. The Morgan fingerprint density at radius 1 is 1.42 bits per heavy atom. The monoisotopic (exact) mass is 286 g/mol. The maximum absolute atomic E-state index is 13.1. The zero-order chi connectivity index (χ0) is 14.6. The van der Waals surface area contributed by atoms with E-state index in [1.54, 1.807) is 6.07 Å². The first kappa shape index (κ1) is 16.4.